The van der Waals surface area contributed by atoms with Gasteiger partial charge in [0.1, 0.15) is 6.04 Å². The highest BCUT2D eigenvalue weighted by Gasteiger charge is 2.38. The van der Waals surface area contributed by atoms with Gasteiger partial charge < -0.3 is 5.11 Å². The molecule has 4 nitrogen and oxygen atoms in total. The number of carboxylic acids is 1. The first-order chi connectivity index (χ1) is 11.2. The summed E-state index contributed by atoms with van der Waals surface area (Å²) in [7, 11) is 0. The van der Waals surface area contributed by atoms with Crippen LogP contribution in [0.3, 0.4) is 0 Å². The fraction of sp³-hybridized carbons (Fsp3) is 0.632. The van der Waals surface area contributed by atoms with Crippen LogP contribution in [0.4, 0.5) is 0 Å². The van der Waals surface area contributed by atoms with Crippen LogP contribution in [0.15, 0.2) is 30.3 Å². The van der Waals surface area contributed by atoms with Gasteiger partial charge in [-0.2, -0.15) is 0 Å². The summed E-state index contributed by atoms with van der Waals surface area (Å²) in [6.45, 7) is 6.04. The minimum Gasteiger partial charge on any atom is -0.480 e. The van der Waals surface area contributed by atoms with E-state index in [-0.39, 0.29) is 6.04 Å². The van der Waals surface area contributed by atoms with Gasteiger partial charge in [-0.25, -0.2) is 0 Å². The molecule has 0 spiro atoms. The minimum absolute atomic E-state index is 0.305. The molecule has 0 radical (unpaired) electrons. The van der Waals surface area contributed by atoms with Gasteiger partial charge in [0.25, 0.3) is 0 Å². The van der Waals surface area contributed by atoms with Crippen LogP contribution in [0.1, 0.15) is 38.2 Å². The van der Waals surface area contributed by atoms with Crippen molar-refractivity contribution in [3.8, 4) is 0 Å². The summed E-state index contributed by atoms with van der Waals surface area (Å²) in [5.74, 6) is -0.0440. The summed E-state index contributed by atoms with van der Waals surface area (Å²) in [5.41, 5.74) is 1.38. The summed E-state index contributed by atoms with van der Waals surface area (Å²) < 4.78 is 0. The van der Waals surface area contributed by atoms with Crippen molar-refractivity contribution in [1.82, 2.24) is 9.80 Å². The number of hydrogen-bond acceptors (Lipinski definition) is 3. The van der Waals surface area contributed by atoms with Crippen LogP contribution in [-0.2, 0) is 11.3 Å². The van der Waals surface area contributed by atoms with Gasteiger partial charge in [-0.15, -0.1) is 0 Å². The first kappa shape index (κ1) is 16.5. The molecule has 3 rings (SSSR count). The van der Waals surface area contributed by atoms with E-state index in [1.54, 1.807) is 0 Å². The molecule has 4 heteroatoms. The van der Waals surface area contributed by atoms with Gasteiger partial charge in [0.05, 0.1) is 0 Å². The molecule has 2 aliphatic heterocycles. The zero-order valence-corrected chi connectivity index (χ0v) is 14.0. The normalized spacial score (nSPS) is 27.3. The van der Waals surface area contributed by atoms with Crippen LogP contribution in [-0.4, -0.2) is 52.6 Å². The summed E-state index contributed by atoms with van der Waals surface area (Å²) in [5, 5.41) is 9.42. The van der Waals surface area contributed by atoms with Crippen molar-refractivity contribution >= 4 is 5.97 Å². The second kappa shape index (κ2) is 7.45. The standard InChI is InChI=1S/C19H28N2O2/c1-2-17(19(22)23)21-12-10-18-16(14-21)9-6-11-20(18)13-15-7-4-3-5-8-15/h3-5,7-8,16-18H,2,6,9-14H2,1H3,(H,22,23). The van der Waals surface area contributed by atoms with Gasteiger partial charge in [-0.05, 0) is 43.7 Å². The number of hydrogen-bond donors (Lipinski definition) is 1. The van der Waals surface area contributed by atoms with Crippen molar-refractivity contribution in [2.45, 2.75) is 51.2 Å². The molecule has 23 heavy (non-hydrogen) atoms. The monoisotopic (exact) mass is 316 g/mol. The summed E-state index contributed by atoms with van der Waals surface area (Å²) in [6, 6.07) is 11.0. The fourth-order valence-electron chi connectivity index (χ4n) is 4.42. The summed E-state index contributed by atoms with van der Waals surface area (Å²) in [6.07, 6.45) is 4.26. The molecular weight excluding hydrogens is 288 g/mol. The zero-order valence-electron chi connectivity index (χ0n) is 14.0. The highest BCUT2D eigenvalue weighted by Crippen LogP contribution is 2.32. The molecule has 126 valence electrons. The van der Waals surface area contributed by atoms with Gasteiger partial charge in [0.15, 0.2) is 0 Å². The largest absolute Gasteiger partial charge is 0.480 e. The van der Waals surface area contributed by atoms with Crippen LogP contribution >= 0.6 is 0 Å². The van der Waals surface area contributed by atoms with E-state index in [0.29, 0.717) is 18.4 Å². The number of rotatable bonds is 5. The van der Waals surface area contributed by atoms with Crippen LogP contribution in [0.5, 0.6) is 0 Å². The number of aliphatic carboxylic acids is 1. The number of piperidine rings is 2. The van der Waals surface area contributed by atoms with E-state index in [0.717, 1.165) is 26.1 Å². The van der Waals surface area contributed by atoms with Gasteiger partial charge in [-0.1, -0.05) is 37.3 Å². The molecule has 3 atom stereocenters. The second-order valence-electron chi connectivity index (χ2n) is 6.97. The Morgan fingerprint density at radius 3 is 2.74 bits per heavy atom. The van der Waals surface area contributed by atoms with Crippen LogP contribution in [0.25, 0.3) is 0 Å². The maximum Gasteiger partial charge on any atom is 0.320 e. The third-order valence-electron chi connectivity index (χ3n) is 5.56. The quantitative estimate of drug-likeness (QED) is 0.907. The minimum atomic E-state index is -0.664. The molecular formula is C19H28N2O2. The Labute approximate surface area is 139 Å². The molecule has 2 fully saturated rings. The molecule has 3 unspecified atom stereocenters. The Kier molecular flexibility index (Phi) is 5.34. The Balaban J connectivity index is 1.65. The molecule has 1 aromatic carbocycles. The first-order valence-corrected chi connectivity index (χ1v) is 8.94. The lowest BCUT2D eigenvalue weighted by molar-refractivity contribution is -0.145. The van der Waals surface area contributed by atoms with Crippen molar-refractivity contribution in [3.05, 3.63) is 35.9 Å². The van der Waals surface area contributed by atoms with Crippen LogP contribution in [0.2, 0.25) is 0 Å². The van der Waals surface area contributed by atoms with Crippen molar-refractivity contribution in [2.24, 2.45) is 5.92 Å². The lowest BCUT2D eigenvalue weighted by Crippen LogP contribution is -2.56. The average Bonchev–Trinajstić information content (AvgIpc) is 2.56. The third kappa shape index (κ3) is 3.75. The molecule has 0 bridgehead atoms. The Hall–Kier alpha value is -1.39. The van der Waals surface area contributed by atoms with Crippen molar-refractivity contribution in [2.75, 3.05) is 19.6 Å². The molecule has 0 amide bonds. The van der Waals surface area contributed by atoms with E-state index in [1.807, 2.05) is 6.92 Å². The first-order valence-electron chi connectivity index (χ1n) is 8.94. The van der Waals surface area contributed by atoms with E-state index in [9.17, 15) is 9.90 Å². The van der Waals surface area contributed by atoms with E-state index in [4.69, 9.17) is 0 Å². The highest BCUT2D eigenvalue weighted by molar-refractivity contribution is 5.73. The number of carboxylic acid groups (broad SMARTS) is 1. The smallest absolute Gasteiger partial charge is 0.320 e. The lowest BCUT2D eigenvalue weighted by Gasteiger charge is -2.48. The predicted molar refractivity (Wildman–Crippen MR) is 91.3 cm³/mol. The number of fused-ring (bicyclic) bond motifs is 1. The Morgan fingerprint density at radius 2 is 2.04 bits per heavy atom. The third-order valence-corrected chi connectivity index (χ3v) is 5.56. The van der Waals surface area contributed by atoms with Crippen molar-refractivity contribution in [3.63, 3.8) is 0 Å². The SMILES string of the molecule is CCC(C(=O)O)N1CCC2C(CCCN2Cc2ccccc2)C1. The van der Waals surface area contributed by atoms with Crippen LogP contribution in [0, 0.1) is 5.92 Å². The topological polar surface area (TPSA) is 43.8 Å². The zero-order chi connectivity index (χ0) is 16.2. The molecule has 0 aliphatic carbocycles. The summed E-state index contributed by atoms with van der Waals surface area (Å²) >= 11 is 0. The van der Waals surface area contributed by atoms with E-state index >= 15 is 0 Å². The molecule has 2 aliphatic rings. The summed E-state index contributed by atoms with van der Waals surface area (Å²) in [4.78, 5) is 16.3. The highest BCUT2D eigenvalue weighted by atomic mass is 16.4. The average molecular weight is 316 g/mol. The number of benzene rings is 1. The van der Waals surface area contributed by atoms with Gasteiger partial charge in [0, 0.05) is 25.7 Å². The lowest BCUT2D eigenvalue weighted by atomic mass is 9.83. The maximum absolute atomic E-state index is 11.4. The van der Waals surface area contributed by atoms with Gasteiger partial charge in [-0.3, -0.25) is 14.6 Å². The van der Waals surface area contributed by atoms with Gasteiger partial charge in [0.2, 0.25) is 0 Å². The van der Waals surface area contributed by atoms with E-state index in [1.165, 1.54) is 24.9 Å². The fourth-order valence-corrected chi connectivity index (χ4v) is 4.42. The van der Waals surface area contributed by atoms with Crippen LogP contribution < -0.4 is 0 Å². The second-order valence-corrected chi connectivity index (χ2v) is 6.97. The van der Waals surface area contributed by atoms with E-state index < -0.39 is 5.97 Å². The van der Waals surface area contributed by atoms with Crippen molar-refractivity contribution in [1.29, 1.82) is 0 Å². The Bertz CT molecular complexity index is 519. The molecule has 2 heterocycles. The molecule has 1 aromatic rings. The maximum atomic E-state index is 11.4. The number of nitrogens with zero attached hydrogens (tertiary/aromatic N) is 2. The number of carbonyl (C=O) groups is 1. The molecule has 0 aromatic heterocycles. The predicted octanol–water partition coefficient (Wildman–Crippen LogP) is 2.84. The van der Waals surface area contributed by atoms with Gasteiger partial charge >= 0.3 is 5.97 Å². The molecule has 0 saturated carbocycles. The van der Waals surface area contributed by atoms with Crippen molar-refractivity contribution < 1.29 is 9.90 Å². The van der Waals surface area contributed by atoms with E-state index in [2.05, 4.69) is 40.1 Å². The molecule has 2 saturated heterocycles. The molecule has 1 N–H and O–H groups in total. The Morgan fingerprint density at radius 1 is 1.26 bits per heavy atom. The number of likely N-dealkylation sites (tertiary alicyclic amines) is 2.